The number of carbonyl (C=O) groups is 1. The van der Waals surface area contributed by atoms with Gasteiger partial charge < -0.3 is 0 Å². The monoisotopic (exact) mass is 189 g/mol. The van der Waals surface area contributed by atoms with Gasteiger partial charge in [-0.2, -0.15) is 13.2 Å². The van der Waals surface area contributed by atoms with Gasteiger partial charge in [0.15, 0.2) is 0 Å². The number of nitrogens with zero attached hydrogens (tertiary/aromatic N) is 1. The van der Waals surface area contributed by atoms with Gasteiger partial charge in [0.1, 0.15) is 5.69 Å². The molecule has 1 heterocycles. The fraction of sp³-hybridized carbons (Fsp3) is 0.143. The molecule has 6 heteroatoms. The van der Waals surface area contributed by atoms with Gasteiger partial charge >= 0.3 is 6.18 Å². The molecular weight excluding hydrogens is 185 g/mol. The van der Waals surface area contributed by atoms with E-state index in [4.69, 9.17) is 5.73 Å². The second-order valence-corrected chi connectivity index (χ2v) is 2.26. The van der Waals surface area contributed by atoms with Gasteiger partial charge in [-0.15, -0.1) is 0 Å². The Bertz CT molecular complexity index is 318. The van der Waals surface area contributed by atoms with E-state index in [9.17, 15) is 18.0 Å². The summed E-state index contributed by atoms with van der Waals surface area (Å²) in [7, 11) is 0. The average molecular weight is 189 g/mol. The Morgan fingerprint density at radius 1 is 1.38 bits per heavy atom. The summed E-state index contributed by atoms with van der Waals surface area (Å²) in [6, 6.07) is 1.59. The first-order valence-corrected chi connectivity index (χ1v) is 3.20. The molecule has 0 aliphatic rings. The van der Waals surface area contributed by atoms with E-state index in [-0.39, 0.29) is 5.56 Å². The van der Waals surface area contributed by atoms with Crippen molar-refractivity contribution >= 4 is 5.91 Å². The lowest BCUT2D eigenvalue weighted by molar-refractivity contribution is -0.141. The largest absolute Gasteiger partial charge is 0.433 e. The van der Waals surface area contributed by atoms with Crippen LogP contribution in [-0.2, 0) is 6.18 Å². The van der Waals surface area contributed by atoms with Crippen LogP contribution < -0.4 is 5.73 Å². The molecule has 0 spiro atoms. The third kappa shape index (κ3) is 2.17. The number of hydrogen-bond acceptors (Lipinski definition) is 2. The van der Waals surface area contributed by atoms with E-state index in [0.29, 0.717) is 6.07 Å². The van der Waals surface area contributed by atoms with Crippen LogP contribution in [0.5, 0.6) is 0 Å². The highest BCUT2D eigenvalue weighted by Gasteiger charge is 2.32. The van der Waals surface area contributed by atoms with Crippen LogP contribution in [0.1, 0.15) is 16.1 Å². The van der Waals surface area contributed by atoms with Crippen LogP contribution in [0.2, 0.25) is 0 Å². The van der Waals surface area contributed by atoms with Crippen LogP contribution >= 0.6 is 0 Å². The molecular formula is C7H4F3N2O. The standard InChI is InChI=1S/C7H4F3N2O/c8-7(9,10)5-2-1-4(3-12-5)6(11)13/h1-3,11H. The van der Waals surface area contributed by atoms with Gasteiger partial charge in [0, 0.05) is 6.20 Å². The van der Waals surface area contributed by atoms with Crippen molar-refractivity contribution in [1.29, 1.82) is 0 Å². The number of aromatic nitrogens is 1. The van der Waals surface area contributed by atoms with Crippen LogP contribution in [0.4, 0.5) is 13.2 Å². The van der Waals surface area contributed by atoms with Crippen molar-refractivity contribution in [3.63, 3.8) is 0 Å². The molecule has 0 aliphatic heterocycles. The second kappa shape index (κ2) is 3.04. The first-order valence-electron chi connectivity index (χ1n) is 3.20. The van der Waals surface area contributed by atoms with Gasteiger partial charge in [-0.1, -0.05) is 0 Å². The van der Waals surface area contributed by atoms with Gasteiger partial charge in [-0.3, -0.25) is 15.5 Å². The molecule has 1 rings (SSSR count). The van der Waals surface area contributed by atoms with Crippen molar-refractivity contribution < 1.29 is 18.0 Å². The lowest BCUT2D eigenvalue weighted by Crippen LogP contribution is -2.09. The minimum Gasteiger partial charge on any atom is -0.267 e. The molecule has 1 aromatic heterocycles. The third-order valence-electron chi connectivity index (χ3n) is 1.32. The molecule has 13 heavy (non-hydrogen) atoms. The Hall–Kier alpha value is -1.59. The molecule has 0 saturated carbocycles. The van der Waals surface area contributed by atoms with Crippen LogP contribution in [0, 0.1) is 0 Å². The van der Waals surface area contributed by atoms with E-state index in [0.717, 1.165) is 12.3 Å². The smallest absolute Gasteiger partial charge is 0.267 e. The zero-order chi connectivity index (χ0) is 10.1. The zero-order valence-corrected chi connectivity index (χ0v) is 6.22. The molecule has 0 unspecified atom stereocenters. The highest BCUT2D eigenvalue weighted by molar-refractivity contribution is 5.91. The first kappa shape index (κ1) is 9.50. The molecule has 0 atom stereocenters. The summed E-state index contributed by atoms with van der Waals surface area (Å²) < 4.78 is 35.8. The minimum atomic E-state index is -4.51. The van der Waals surface area contributed by atoms with Gasteiger partial charge in [-0.25, -0.2) is 0 Å². The normalized spacial score (nSPS) is 11.3. The molecule has 1 amide bonds. The topological polar surface area (TPSA) is 53.8 Å². The zero-order valence-electron chi connectivity index (χ0n) is 6.22. The third-order valence-corrected chi connectivity index (χ3v) is 1.32. The summed E-state index contributed by atoms with van der Waals surface area (Å²) in [5.74, 6) is -1.05. The number of amides is 1. The summed E-state index contributed by atoms with van der Waals surface area (Å²) in [6.07, 6.45) is -3.78. The van der Waals surface area contributed by atoms with E-state index in [2.05, 4.69) is 4.98 Å². The molecule has 1 N–H and O–H groups in total. The van der Waals surface area contributed by atoms with Gasteiger partial charge in [0.25, 0.3) is 5.91 Å². The number of nitrogens with one attached hydrogen (secondary N) is 1. The van der Waals surface area contributed by atoms with Gasteiger partial charge in [-0.05, 0) is 12.1 Å². The maximum Gasteiger partial charge on any atom is 0.433 e. The molecule has 0 saturated heterocycles. The number of carbonyl (C=O) groups excluding carboxylic acids is 1. The van der Waals surface area contributed by atoms with E-state index in [1.807, 2.05) is 0 Å². The number of alkyl halides is 3. The molecule has 0 bridgehead atoms. The predicted molar refractivity (Wildman–Crippen MR) is 36.7 cm³/mol. The second-order valence-electron chi connectivity index (χ2n) is 2.26. The van der Waals surface area contributed by atoms with Crippen LogP contribution in [0.15, 0.2) is 18.3 Å². The van der Waals surface area contributed by atoms with Crippen LogP contribution in [0.3, 0.4) is 0 Å². The average Bonchev–Trinajstić information content (AvgIpc) is 2.03. The molecule has 0 aromatic carbocycles. The Balaban J connectivity index is 3.01. The Labute approximate surface area is 71.4 Å². The summed E-state index contributed by atoms with van der Waals surface area (Å²) >= 11 is 0. The lowest BCUT2D eigenvalue weighted by Gasteiger charge is -2.04. The Morgan fingerprint density at radius 2 is 2.00 bits per heavy atom. The van der Waals surface area contributed by atoms with Gasteiger partial charge in [0.05, 0.1) is 5.56 Å². The summed E-state index contributed by atoms with van der Waals surface area (Å²) in [5.41, 5.74) is 5.35. The fourth-order valence-corrected chi connectivity index (χ4v) is 0.696. The molecule has 0 aliphatic carbocycles. The molecule has 1 aromatic rings. The molecule has 1 radical (unpaired) electrons. The van der Waals surface area contributed by atoms with Crippen molar-refractivity contribution in [2.24, 2.45) is 0 Å². The molecule has 3 nitrogen and oxygen atoms in total. The minimum absolute atomic E-state index is 0.159. The Morgan fingerprint density at radius 3 is 2.31 bits per heavy atom. The van der Waals surface area contributed by atoms with Crippen molar-refractivity contribution in [1.82, 2.24) is 10.7 Å². The molecule has 69 valence electrons. The predicted octanol–water partition coefficient (Wildman–Crippen LogP) is 1.52. The fourth-order valence-electron chi connectivity index (χ4n) is 0.696. The highest BCUT2D eigenvalue weighted by atomic mass is 19.4. The molecule has 0 fully saturated rings. The number of halogens is 3. The summed E-state index contributed by atoms with van der Waals surface area (Å²) in [5, 5.41) is 0. The van der Waals surface area contributed by atoms with Crippen molar-refractivity contribution in [2.75, 3.05) is 0 Å². The summed E-state index contributed by atoms with van der Waals surface area (Å²) in [6.45, 7) is 0. The Kier molecular flexibility index (Phi) is 2.22. The van der Waals surface area contributed by atoms with Crippen molar-refractivity contribution in [3.05, 3.63) is 29.6 Å². The van der Waals surface area contributed by atoms with Crippen LogP contribution in [-0.4, -0.2) is 10.9 Å². The maximum atomic E-state index is 11.9. The maximum absolute atomic E-state index is 11.9. The number of hydrogen-bond donors (Lipinski definition) is 0. The van der Waals surface area contributed by atoms with Crippen molar-refractivity contribution in [3.8, 4) is 0 Å². The van der Waals surface area contributed by atoms with E-state index in [1.165, 1.54) is 0 Å². The quantitative estimate of drug-likeness (QED) is 0.672. The number of pyridine rings is 1. The van der Waals surface area contributed by atoms with Crippen LogP contribution in [0.25, 0.3) is 0 Å². The van der Waals surface area contributed by atoms with E-state index < -0.39 is 17.8 Å². The van der Waals surface area contributed by atoms with Crippen molar-refractivity contribution in [2.45, 2.75) is 6.18 Å². The highest BCUT2D eigenvalue weighted by Crippen LogP contribution is 2.26. The SMILES string of the molecule is [NH]C(=O)c1ccc(C(F)(F)F)nc1. The van der Waals surface area contributed by atoms with Gasteiger partial charge in [0.2, 0.25) is 0 Å². The first-order chi connectivity index (χ1) is 5.91. The summed E-state index contributed by atoms with van der Waals surface area (Å²) in [4.78, 5) is 13.4. The number of rotatable bonds is 1. The van der Waals surface area contributed by atoms with E-state index >= 15 is 0 Å². The van der Waals surface area contributed by atoms with E-state index in [1.54, 1.807) is 0 Å². The lowest BCUT2D eigenvalue weighted by atomic mass is 10.2.